The quantitative estimate of drug-likeness (QED) is 0.569. The van der Waals surface area contributed by atoms with Crippen LogP contribution < -0.4 is 4.74 Å². The Balaban J connectivity index is 2.58. The van der Waals surface area contributed by atoms with E-state index in [0.29, 0.717) is 12.2 Å². The van der Waals surface area contributed by atoms with Crippen LogP contribution in [0.3, 0.4) is 0 Å². The number of esters is 1. The highest BCUT2D eigenvalue weighted by Gasteiger charge is 2.02. The Hall–Kier alpha value is -1.51. The van der Waals surface area contributed by atoms with Crippen LogP contribution in [-0.2, 0) is 4.79 Å². The fourth-order valence-corrected chi connectivity index (χ4v) is 0.874. The van der Waals surface area contributed by atoms with E-state index in [4.69, 9.17) is 9.84 Å². The van der Waals surface area contributed by atoms with Crippen LogP contribution in [-0.4, -0.2) is 11.1 Å². The minimum absolute atomic E-state index is 0.0833. The molecule has 0 saturated heterocycles. The smallest absolute Gasteiger partial charge is 0.311 e. The van der Waals surface area contributed by atoms with Crippen LogP contribution in [0.15, 0.2) is 24.3 Å². The molecule has 1 N–H and O–H groups in total. The van der Waals surface area contributed by atoms with Crippen molar-refractivity contribution in [3.63, 3.8) is 0 Å². The fraction of sp³-hybridized carbons (Fsp3) is 0.200. The van der Waals surface area contributed by atoms with E-state index in [1.807, 2.05) is 0 Å². The number of benzene rings is 1. The molecule has 0 heterocycles. The Bertz CT molecular complexity index is 294. The Labute approximate surface area is 77.0 Å². The summed E-state index contributed by atoms with van der Waals surface area (Å²) in [6.07, 6.45) is 0.799. The van der Waals surface area contributed by atoms with Gasteiger partial charge in [0.15, 0.2) is 0 Å². The molecule has 0 amide bonds. The molecule has 0 spiro atoms. The van der Waals surface area contributed by atoms with Crippen LogP contribution in [0.1, 0.15) is 12.8 Å². The summed E-state index contributed by atoms with van der Waals surface area (Å²) < 4.78 is 4.90. The average molecular weight is 179 g/mol. The van der Waals surface area contributed by atoms with Crippen molar-refractivity contribution in [2.24, 2.45) is 0 Å². The monoisotopic (exact) mass is 179 g/mol. The van der Waals surface area contributed by atoms with Gasteiger partial charge in [0, 0.05) is 12.5 Å². The van der Waals surface area contributed by atoms with Gasteiger partial charge in [-0.2, -0.15) is 0 Å². The Morgan fingerprint density at radius 3 is 2.92 bits per heavy atom. The van der Waals surface area contributed by atoms with E-state index in [0.717, 1.165) is 0 Å². The topological polar surface area (TPSA) is 46.5 Å². The van der Waals surface area contributed by atoms with Gasteiger partial charge in [0.05, 0.1) is 0 Å². The molecule has 13 heavy (non-hydrogen) atoms. The van der Waals surface area contributed by atoms with E-state index in [1.54, 1.807) is 12.1 Å². The summed E-state index contributed by atoms with van der Waals surface area (Å²) in [5, 5.41) is 9.05. The first kappa shape index (κ1) is 9.58. The number of carbonyl (C=O) groups excluding carboxylic acids is 1. The van der Waals surface area contributed by atoms with Crippen LogP contribution in [0, 0.1) is 6.92 Å². The molecule has 0 aliphatic carbocycles. The molecule has 0 bridgehead atoms. The van der Waals surface area contributed by atoms with Gasteiger partial charge >= 0.3 is 5.97 Å². The molecular formula is C10H11O3. The van der Waals surface area contributed by atoms with Crippen molar-refractivity contribution in [2.75, 3.05) is 0 Å². The number of phenolic OH excluding ortho intramolecular Hbond substituents is 1. The van der Waals surface area contributed by atoms with E-state index in [9.17, 15) is 4.79 Å². The van der Waals surface area contributed by atoms with Crippen LogP contribution in [0.5, 0.6) is 11.5 Å². The lowest BCUT2D eigenvalue weighted by atomic mass is 10.3. The third kappa shape index (κ3) is 3.15. The molecular weight excluding hydrogens is 168 g/mol. The molecule has 1 rings (SSSR count). The first-order valence-corrected chi connectivity index (χ1v) is 4.01. The Morgan fingerprint density at radius 1 is 1.54 bits per heavy atom. The van der Waals surface area contributed by atoms with Gasteiger partial charge in [0.2, 0.25) is 0 Å². The summed E-state index contributed by atoms with van der Waals surface area (Å²) in [7, 11) is 0. The number of aromatic hydroxyl groups is 1. The highest BCUT2D eigenvalue weighted by atomic mass is 16.5. The number of hydrogen-bond donors (Lipinski definition) is 1. The number of phenols is 1. The molecule has 1 radical (unpaired) electrons. The Kier molecular flexibility index (Phi) is 3.31. The summed E-state index contributed by atoms with van der Waals surface area (Å²) in [6, 6.07) is 6.13. The summed E-state index contributed by atoms with van der Waals surface area (Å²) >= 11 is 0. The molecule has 69 valence electrons. The predicted octanol–water partition coefficient (Wildman–Crippen LogP) is 1.91. The first-order valence-electron chi connectivity index (χ1n) is 4.01. The highest BCUT2D eigenvalue weighted by Crippen LogP contribution is 2.18. The normalized spacial score (nSPS) is 9.62. The number of rotatable bonds is 3. The van der Waals surface area contributed by atoms with Crippen molar-refractivity contribution in [2.45, 2.75) is 12.8 Å². The van der Waals surface area contributed by atoms with Gasteiger partial charge in [-0.1, -0.05) is 13.0 Å². The lowest BCUT2D eigenvalue weighted by Crippen LogP contribution is -2.06. The van der Waals surface area contributed by atoms with Gasteiger partial charge in [0.25, 0.3) is 0 Å². The lowest BCUT2D eigenvalue weighted by Gasteiger charge is -2.02. The average Bonchev–Trinajstić information content (AvgIpc) is 2.04. The standard InChI is InChI=1S/C10H11O3/c1-2-4-10(12)13-9-6-3-5-8(11)7-9/h3,5-7,11H,1-2,4H2. The number of hydrogen-bond acceptors (Lipinski definition) is 3. The predicted molar refractivity (Wildman–Crippen MR) is 48.3 cm³/mol. The van der Waals surface area contributed by atoms with Crippen molar-refractivity contribution in [3.8, 4) is 11.5 Å². The summed E-state index contributed by atoms with van der Waals surface area (Å²) in [5.41, 5.74) is 0. The zero-order valence-corrected chi connectivity index (χ0v) is 7.19. The maximum Gasteiger partial charge on any atom is 0.311 e. The Morgan fingerprint density at radius 2 is 2.31 bits per heavy atom. The molecule has 3 heteroatoms. The minimum atomic E-state index is -0.333. The van der Waals surface area contributed by atoms with Crippen LogP contribution in [0.2, 0.25) is 0 Å². The summed E-state index contributed by atoms with van der Waals surface area (Å²) in [4.78, 5) is 11.0. The maximum atomic E-state index is 11.0. The van der Waals surface area contributed by atoms with E-state index < -0.39 is 0 Å². The van der Waals surface area contributed by atoms with Gasteiger partial charge in [-0.15, -0.1) is 0 Å². The molecule has 0 saturated carbocycles. The van der Waals surface area contributed by atoms with E-state index in [-0.39, 0.29) is 18.1 Å². The fourth-order valence-electron chi connectivity index (χ4n) is 0.874. The van der Waals surface area contributed by atoms with Gasteiger partial charge in [-0.25, -0.2) is 0 Å². The van der Waals surface area contributed by atoms with Crippen molar-refractivity contribution >= 4 is 5.97 Å². The molecule has 0 aliphatic rings. The van der Waals surface area contributed by atoms with E-state index in [2.05, 4.69) is 6.92 Å². The van der Waals surface area contributed by atoms with Crippen LogP contribution in [0.25, 0.3) is 0 Å². The molecule has 0 unspecified atom stereocenters. The van der Waals surface area contributed by atoms with Gasteiger partial charge in [-0.05, 0) is 18.6 Å². The summed E-state index contributed by atoms with van der Waals surface area (Å²) in [5.74, 6) is 0.110. The van der Waals surface area contributed by atoms with Crippen molar-refractivity contribution in [1.82, 2.24) is 0 Å². The molecule has 1 aromatic carbocycles. The minimum Gasteiger partial charge on any atom is -0.508 e. The zero-order valence-electron chi connectivity index (χ0n) is 7.19. The number of ether oxygens (including phenoxy) is 1. The molecule has 0 fully saturated rings. The van der Waals surface area contributed by atoms with Crippen LogP contribution >= 0.6 is 0 Å². The third-order valence-corrected chi connectivity index (χ3v) is 1.43. The van der Waals surface area contributed by atoms with Crippen molar-refractivity contribution < 1.29 is 14.6 Å². The van der Waals surface area contributed by atoms with Gasteiger partial charge < -0.3 is 9.84 Å². The molecule has 1 aromatic rings. The first-order chi connectivity index (χ1) is 6.22. The van der Waals surface area contributed by atoms with Crippen LogP contribution in [0.4, 0.5) is 0 Å². The van der Waals surface area contributed by atoms with E-state index in [1.165, 1.54) is 12.1 Å². The largest absolute Gasteiger partial charge is 0.508 e. The zero-order chi connectivity index (χ0) is 9.68. The highest BCUT2D eigenvalue weighted by molar-refractivity contribution is 5.72. The molecule has 0 aromatic heterocycles. The third-order valence-electron chi connectivity index (χ3n) is 1.43. The SMILES string of the molecule is [CH2]CCC(=O)Oc1cccc(O)c1. The van der Waals surface area contributed by atoms with E-state index >= 15 is 0 Å². The second-order valence-electron chi connectivity index (χ2n) is 2.57. The second kappa shape index (κ2) is 4.50. The molecule has 3 nitrogen and oxygen atoms in total. The summed E-state index contributed by atoms with van der Waals surface area (Å²) in [6.45, 7) is 3.53. The van der Waals surface area contributed by atoms with Gasteiger partial charge in [-0.3, -0.25) is 4.79 Å². The molecule has 0 aliphatic heterocycles. The number of carbonyl (C=O) groups is 1. The second-order valence-corrected chi connectivity index (χ2v) is 2.57. The van der Waals surface area contributed by atoms with Gasteiger partial charge in [0.1, 0.15) is 11.5 Å². The maximum absolute atomic E-state index is 11.0. The van der Waals surface area contributed by atoms with Crippen molar-refractivity contribution in [3.05, 3.63) is 31.2 Å². The van der Waals surface area contributed by atoms with Crippen molar-refractivity contribution in [1.29, 1.82) is 0 Å². The molecule has 0 atom stereocenters. The lowest BCUT2D eigenvalue weighted by molar-refractivity contribution is -0.134.